The Kier molecular flexibility index (Phi) is 3.73. The Hall–Kier alpha value is -2.53. The summed E-state index contributed by atoms with van der Waals surface area (Å²) in [5, 5.41) is 13.6. The van der Waals surface area contributed by atoms with Crippen LogP contribution in [0.4, 0.5) is 15.9 Å². The molecule has 6 heteroatoms. The molecule has 0 bridgehead atoms. The Bertz CT molecular complexity index is 855. The van der Waals surface area contributed by atoms with Crippen molar-refractivity contribution in [3.63, 3.8) is 0 Å². The average molecular weight is 319 g/mol. The van der Waals surface area contributed by atoms with Crippen LogP contribution in [0.5, 0.6) is 11.5 Å². The number of nitrogens with zero attached hydrogens (tertiary/aromatic N) is 1. The number of aromatic hydroxyl groups is 1. The third-order valence-electron chi connectivity index (χ3n) is 3.18. The van der Waals surface area contributed by atoms with Crippen molar-refractivity contribution in [1.29, 1.82) is 0 Å². The molecule has 0 aliphatic heterocycles. The number of phenols is 1. The van der Waals surface area contributed by atoms with E-state index in [-0.39, 0.29) is 10.8 Å². The van der Waals surface area contributed by atoms with Crippen molar-refractivity contribution in [3.05, 3.63) is 53.3 Å². The van der Waals surface area contributed by atoms with Crippen molar-refractivity contribution in [2.75, 3.05) is 12.4 Å². The summed E-state index contributed by atoms with van der Waals surface area (Å²) in [5.74, 6) is 0.506. The van der Waals surface area contributed by atoms with Gasteiger partial charge in [-0.2, -0.15) is 0 Å². The molecule has 0 saturated carbocycles. The number of aromatic nitrogens is 1. The van der Waals surface area contributed by atoms with Gasteiger partial charge in [-0.1, -0.05) is 11.6 Å². The summed E-state index contributed by atoms with van der Waals surface area (Å²) in [6, 6.07) is 11.1. The van der Waals surface area contributed by atoms with Gasteiger partial charge in [-0.05, 0) is 36.4 Å². The number of anilines is 2. The van der Waals surface area contributed by atoms with Crippen LogP contribution in [-0.4, -0.2) is 17.2 Å². The Morgan fingerprint density at radius 2 is 2.00 bits per heavy atom. The Morgan fingerprint density at radius 1 is 1.18 bits per heavy atom. The zero-order valence-corrected chi connectivity index (χ0v) is 12.4. The van der Waals surface area contributed by atoms with E-state index in [9.17, 15) is 9.50 Å². The first-order valence-electron chi connectivity index (χ1n) is 6.46. The molecular weight excluding hydrogens is 307 g/mol. The number of fused-ring (bicyclic) bond motifs is 1. The van der Waals surface area contributed by atoms with Crippen molar-refractivity contribution in [2.24, 2.45) is 0 Å². The summed E-state index contributed by atoms with van der Waals surface area (Å²) in [4.78, 5) is 4.43. The van der Waals surface area contributed by atoms with Gasteiger partial charge in [0.15, 0.2) is 11.5 Å². The molecule has 2 N–H and O–H groups in total. The molecule has 0 amide bonds. The van der Waals surface area contributed by atoms with Crippen LogP contribution < -0.4 is 10.1 Å². The minimum atomic E-state index is -0.473. The van der Waals surface area contributed by atoms with E-state index in [1.54, 1.807) is 24.3 Å². The molecule has 1 heterocycles. The highest BCUT2D eigenvalue weighted by atomic mass is 35.5. The molecule has 22 heavy (non-hydrogen) atoms. The maximum Gasteiger partial charge on any atom is 0.162 e. The van der Waals surface area contributed by atoms with Gasteiger partial charge in [-0.3, -0.25) is 0 Å². The summed E-state index contributed by atoms with van der Waals surface area (Å²) in [7, 11) is 1.48. The molecule has 0 aliphatic rings. The van der Waals surface area contributed by atoms with Gasteiger partial charge in [0.2, 0.25) is 0 Å². The van der Waals surface area contributed by atoms with Crippen LogP contribution in [-0.2, 0) is 0 Å². The van der Waals surface area contributed by atoms with E-state index in [4.69, 9.17) is 16.3 Å². The number of hydrogen-bond acceptors (Lipinski definition) is 4. The van der Waals surface area contributed by atoms with E-state index in [2.05, 4.69) is 10.3 Å². The lowest BCUT2D eigenvalue weighted by Gasteiger charge is -2.09. The largest absolute Gasteiger partial charge is 0.504 e. The molecule has 0 unspecified atom stereocenters. The van der Waals surface area contributed by atoms with E-state index in [1.165, 1.54) is 19.2 Å². The van der Waals surface area contributed by atoms with Gasteiger partial charge in [-0.15, -0.1) is 0 Å². The Labute approximate surface area is 131 Å². The predicted molar refractivity (Wildman–Crippen MR) is 84.7 cm³/mol. The number of pyridine rings is 1. The van der Waals surface area contributed by atoms with Gasteiger partial charge in [0, 0.05) is 17.1 Å². The van der Waals surface area contributed by atoms with Gasteiger partial charge in [-0.25, -0.2) is 9.37 Å². The summed E-state index contributed by atoms with van der Waals surface area (Å²) in [6.07, 6.45) is 0. The molecule has 0 aliphatic carbocycles. The molecule has 2 aromatic carbocycles. The molecular formula is C16H12ClFN2O2. The molecule has 112 valence electrons. The van der Waals surface area contributed by atoms with E-state index >= 15 is 0 Å². The highest BCUT2D eigenvalue weighted by Crippen LogP contribution is 2.31. The number of methoxy groups -OCH3 is 1. The maximum absolute atomic E-state index is 13.2. The third-order valence-corrected chi connectivity index (χ3v) is 3.47. The summed E-state index contributed by atoms with van der Waals surface area (Å²) in [5.41, 5.74) is 1.29. The fourth-order valence-corrected chi connectivity index (χ4v) is 2.28. The number of hydrogen-bond donors (Lipinski definition) is 2. The zero-order chi connectivity index (χ0) is 15.7. The number of benzene rings is 2. The molecule has 4 nitrogen and oxygen atoms in total. The molecule has 0 fully saturated rings. The molecule has 0 spiro atoms. The van der Waals surface area contributed by atoms with E-state index < -0.39 is 5.82 Å². The zero-order valence-electron chi connectivity index (χ0n) is 11.6. The Balaban J connectivity index is 1.97. The van der Waals surface area contributed by atoms with Crippen LogP contribution in [0.1, 0.15) is 0 Å². The molecule has 0 atom stereocenters. The molecule has 0 saturated heterocycles. The normalized spacial score (nSPS) is 10.7. The van der Waals surface area contributed by atoms with Crippen molar-refractivity contribution in [2.45, 2.75) is 0 Å². The first-order chi connectivity index (χ1) is 10.6. The van der Waals surface area contributed by atoms with Crippen LogP contribution in [0.15, 0.2) is 42.5 Å². The second-order valence-electron chi connectivity index (χ2n) is 4.67. The SMILES string of the molecule is COc1cc2nc(Nc3ccc(F)c(Cl)c3)ccc2cc1O. The monoisotopic (exact) mass is 318 g/mol. The van der Waals surface area contributed by atoms with E-state index in [0.29, 0.717) is 22.8 Å². The van der Waals surface area contributed by atoms with Gasteiger partial charge in [0.25, 0.3) is 0 Å². The number of rotatable bonds is 3. The molecule has 3 aromatic rings. The highest BCUT2D eigenvalue weighted by Gasteiger charge is 2.07. The van der Waals surface area contributed by atoms with Crippen LogP contribution in [0.3, 0.4) is 0 Å². The third kappa shape index (κ3) is 2.76. The fraction of sp³-hybridized carbons (Fsp3) is 0.0625. The number of ether oxygens (including phenoxy) is 1. The van der Waals surface area contributed by atoms with Crippen molar-refractivity contribution >= 4 is 34.0 Å². The number of halogens is 2. The van der Waals surface area contributed by atoms with Gasteiger partial charge < -0.3 is 15.2 Å². The minimum Gasteiger partial charge on any atom is -0.504 e. The van der Waals surface area contributed by atoms with Crippen molar-refractivity contribution in [3.8, 4) is 11.5 Å². The lowest BCUT2D eigenvalue weighted by atomic mass is 10.2. The summed E-state index contributed by atoms with van der Waals surface area (Å²) < 4.78 is 18.2. The lowest BCUT2D eigenvalue weighted by molar-refractivity contribution is 0.374. The van der Waals surface area contributed by atoms with Gasteiger partial charge in [0.1, 0.15) is 11.6 Å². The van der Waals surface area contributed by atoms with Crippen molar-refractivity contribution in [1.82, 2.24) is 4.98 Å². The molecule has 1 aromatic heterocycles. The quantitative estimate of drug-likeness (QED) is 0.747. The topological polar surface area (TPSA) is 54.4 Å². The molecule has 0 radical (unpaired) electrons. The lowest BCUT2D eigenvalue weighted by Crippen LogP contribution is -1.95. The minimum absolute atomic E-state index is 0.0392. The standard InChI is InChI=1S/C16H12ClFN2O2/c1-22-15-8-13-9(6-14(15)21)2-5-16(20-13)19-10-3-4-12(18)11(17)7-10/h2-8,21H,1H3,(H,19,20). The fourth-order valence-electron chi connectivity index (χ4n) is 2.09. The smallest absolute Gasteiger partial charge is 0.162 e. The first kappa shape index (κ1) is 14.4. The van der Waals surface area contributed by atoms with E-state index in [1.807, 2.05) is 6.07 Å². The average Bonchev–Trinajstić information content (AvgIpc) is 2.50. The van der Waals surface area contributed by atoms with Crippen molar-refractivity contribution < 1.29 is 14.2 Å². The van der Waals surface area contributed by atoms with Crippen LogP contribution in [0.2, 0.25) is 5.02 Å². The molecule has 3 rings (SSSR count). The van der Waals surface area contributed by atoms with Gasteiger partial charge in [0.05, 0.1) is 17.6 Å². The maximum atomic E-state index is 13.2. The second-order valence-corrected chi connectivity index (χ2v) is 5.07. The predicted octanol–water partition coefficient (Wildman–Crippen LogP) is 4.49. The first-order valence-corrected chi connectivity index (χ1v) is 6.84. The second kappa shape index (κ2) is 5.69. The van der Waals surface area contributed by atoms with Gasteiger partial charge >= 0.3 is 0 Å². The van der Waals surface area contributed by atoms with Crippen LogP contribution >= 0.6 is 11.6 Å². The summed E-state index contributed by atoms with van der Waals surface area (Å²) in [6.45, 7) is 0. The van der Waals surface area contributed by atoms with E-state index in [0.717, 1.165) is 5.39 Å². The number of phenolic OH excluding ortho intramolecular Hbond substituents is 1. The highest BCUT2D eigenvalue weighted by molar-refractivity contribution is 6.31. The Morgan fingerprint density at radius 3 is 2.73 bits per heavy atom. The summed E-state index contributed by atoms with van der Waals surface area (Å²) >= 11 is 5.75. The van der Waals surface area contributed by atoms with Crippen LogP contribution in [0.25, 0.3) is 10.9 Å². The van der Waals surface area contributed by atoms with Crippen LogP contribution in [0, 0.1) is 5.82 Å². The number of nitrogens with one attached hydrogen (secondary N) is 1.